The molecule has 0 radical (unpaired) electrons. The van der Waals surface area contributed by atoms with Crippen LogP contribution < -0.4 is 11.2 Å². The van der Waals surface area contributed by atoms with Gasteiger partial charge in [-0.3, -0.25) is 14.3 Å². The number of imidazole rings is 1. The fourth-order valence-electron chi connectivity index (χ4n) is 3.92. The SMILES string of the molecule is Cn1cnc2cncc(-n3c(=O)c4sc(-c5ccccc5C#N)cc4n(CCC#N)c3=O)c21. The minimum Gasteiger partial charge on any atom is -0.332 e. The van der Waals surface area contributed by atoms with E-state index in [0.717, 1.165) is 4.57 Å². The summed E-state index contributed by atoms with van der Waals surface area (Å²) in [7, 11) is 1.78. The molecule has 0 aliphatic rings. The molecule has 0 aliphatic heterocycles. The number of rotatable bonds is 4. The number of nitriles is 2. The van der Waals surface area contributed by atoms with Gasteiger partial charge < -0.3 is 4.57 Å². The summed E-state index contributed by atoms with van der Waals surface area (Å²) in [5.41, 5.74) is 2.03. The van der Waals surface area contributed by atoms with Crippen molar-refractivity contribution in [2.45, 2.75) is 13.0 Å². The van der Waals surface area contributed by atoms with Crippen LogP contribution in [0.5, 0.6) is 0 Å². The van der Waals surface area contributed by atoms with Gasteiger partial charge in [0.1, 0.15) is 10.2 Å². The summed E-state index contributed by atoms with van der Waals surface area (Å²) in [6, 6.07) is 13.1. The van der Waals surface area contributed by atoms with Gasteiger partial charge in [0.05, 0.1) is 59.6 Å². The Bertz CT molecular complexity index is 1760. The van der Waals surface area contributed by atoms with E-state index in [9.17, 15) is 14.9 Å². The second-order valence-corrected chi connectivity index (χ2v) is 8.40. The molecule has 0 N–H and O–H groups in total. The van der Waals surface area contributed by atoms with Crippen LogP contribution in [0.15, 0.2) is 58.6 Å². The number of hydrogen-bond donors (Lipinski definition) is 0. The molecule has 0 amide bonds. The van der Waals surface area contributed by atoms with E-state index in [0.29, 0.717) is 42.9 Å². The Morgan fingerprint density at radius 1 is 1.15 bits per heavy atom. The lowest BCUT2D eigenvalue weighted by molar-refractivity contribution is 0.663. The third-order valence-corrected chi connectivity index (χ3v) is 6.57. The van der Waals surface area contributed by atoms with Crippen LogP contribution in [0, 0.1) is 22.7 Å². The normalized spacial score (nSPS) is 11.0. The van der Waals surface area contributed by atoms with Crippen LogP contribution in [0.4, 0.5) is 0 Å². The van der Waals surface area contributed by atoms with Crippen LogP contribution in [0.3, 0.4) is 0 Å². The first-order chi connectivity index (χ1) is 16.0. The molecule has 4 heterocycles. The van der Waals surface area contributed by atoms with Crippen LogP contribution in [0.1, 0.15) is 12.0 Å². The van der Waals surface area contributed by atoms with Gasteiger partial charge in [0.2, 0.25) is 0 Å². The van der Waals surface area contributed by atoms with Crippen molar-refractivity contribution in [1.82, 2.24) is 23.7 Å². The zero-order valence-corrected chi connectivity index (χ0v) is 18.2. The number of aryl methyl sites for hydroxylation is 2. The molecular weight excluding hydrogens is 438 g/mol. The van der Waals surface area contributed by atoms with E-state index in [-0.39, 0.29) is 13.0 Å². The second kappa shape index (κ2) is 7.86. The van der Waals surface area contributed by atoms with Crippen LogP contribution in [0.2, 0.25) is 0 Å². The van der Waals surface area contributed by atoms with Crippen molar-refractivity contribution >= 4 is 32.6 Å². The molecular formula is C23H15N7O2S. The van der Waals surface area contributed by atoms with Gasteiger partial charge in [0.15, 0.2) is 0 Å². The van der Waals surface area contributed by atoms with E-state index in [2.05, 4.69) is 22.1 Å². The maximum atomic E-state index is 13.6. The Balaban J connectivity index is 1.88. The molecule has 0 atom stereocenters. The smallest absolute Gasteiger partial charge is 0.332 e. The standard InChI is InChI=1S/C23H15N7O2S/c1-28-13-27-16-11-26-12-18(20(16)28)30-22(31)21-17(29(23(30)32)8-4-7-24)9-19(33-21)15-6-3-2-5-14(15)10-25/h2-3,5-6,9,11-13H,4,8H2,1H3. The highest BCUT2D eigenvalue weighted by Crippen LogP contribution is 2.33. The summed E-state index contributed by atoms with van der Waals surface area (Å²) in [6.45, 7) is 0.122. The van der Waals surface area contributed by atoms with E-state index in [1.54, 1.807) is 48.4 Å². The number of aromatic nitrogens is 5. The molecule has 10 heteroatoms. The summed E-state index contributed by atoms with van der Waals surface area (Å²) < 4.78 is 4.61. The average molecular weight is 453 g/mol. The Kier molecular flexibility index (Phi) is 4.85. The molecule has 0 aliphatic carbocycles. The summed E-state index contributed by atoms with van der Waals surface area (Å²) in [4.78, 5) is 36.3. The quantitative estimate of drug-likeness (QED) is 0.412. The van der Waals surface area contributed by atoms with E-state index in [1.807, 2.05) is 6.07 Å². The first kappa shape index (κ1) is 20.4. The zero-order chi connectivity index (χ0) is 23.1. The lowest BCUT2D eigenvalue weighted by Crippen LogP contribution is -2.38. The third-order valence-electron chi connectivity index (χ3n) is 5.43. The first-order valence-electron chi connectivity index (χ1n) is 9.96. The van der Waals surface area contributed by atoms with Gasteiger partial charge >= 0.3 is 5.69 Å². The lowest BCUT2D eigenvalue weighted by atomic mass is 10.1. The topological polar surface area (TPSA) is 122 Å². The Labute approximate surface area is 190 Å². The third kappa shape index (κ3) is 3.13. The van der Waals surface area contributed by atoms with Crippen molar-refractivity contribution in [2.24, 2.45) is 7.05 Å². The number of nitrogens with zero attached hydrogens (tertiary/aromatic N) is 7. The predicted molar refractivity (Wildman–Crippen MR) is 124 cm³/mol. The fraction of sp³-hybridized carbons (Fsp3) is 0.130. The summed E-state index contributed by atoms with van der Waals surface area (Å²) in [6.07, 6.45) is 4.72. The molecule has 1 aromatic carbocycles. The molecule has 5 rings (SSSR count). The van der Waals surface area contributed by atoms with Gasteiger partial charge in [-0.2, -0.15) is 10.5 Å². The van der Waals surface area contributed by atoms with E-state index in [1.165, 1.54) is 22.1 Å². The van der Waals surface area contributed by atoms with E-state index < -0.39 is 11.2 Å². The maximum Gasteiger partial charge on any atom is 0.336 e. The number of benzene rings is 1. The first-order valence-corrected chi connectivity index (χ1v) is 10.8. The number of thiophene rings is 1. The van der Waals surface area contributed by atoms with E-state index in [4.69, 9.17) is 5.26 Å². The molecule has 9 nitrogen and oxygen atoms in total. The highest BCUT2D eigenvalue weighted by molar-refractivity contribution is 7.22. The monoisotopic (exact) mass is 453 g/mol. The van der Waals surface area contributed by atoms with Crippen molar-refractivity contribution in [2.75, 3.05) is 0 Å². The van der Waals surface area contributed by atoms with Crippen molar-refractivity contribution in [3.8, 4) is 28.3 Å². The number of hydrogen-bond acceptors (Lipinski definition) is 7. The van der Waals surface area contributed by atoms with E-state index >= 15 is 0 Å². The molecule has 0 bridgehead atoms. The van der Waals surface area contributed by atoms with Crippen molar-refractivity contribution < 1.29 is 0 Å². The van der Waals surface area contributed by atoms with Gasteiger partial charge in [0.25, 0.3) is 5.56 Å². The Morgan fingerprint density at radius 2 is 1.97 bits per heavy atom. The van der Waals surface area contributed by atoms with Gasteiger partial charge in [-0.15, -0.1) is 11.3 Å². The number of fused-ring (bicyclic) bond motifs is 2. The minimum absolute atomic E-state index is 0.0985. The Hall–Kier alpha value is -4.54. The van der Waals surface area contributed by atoms with Crippen LogP contribution in [-0.2, 0) is 13.6 Å². The summed E-state index contributed by atoms with van der Waals surface area (Å²) in [5.74, 6) is 0. The van der Waals surface area contributed by atoms with Crippen molar-refractivity contribution in [1.29, 1.82) is 10.5 Å². The second-order valence-electron chi connectivity index (χ2n) is 7.35. The molecule has 5 aromatic rings. The highest BCUT2D eigenvalue weighted by Gasteiger charge is 2.21. The van der Waals surface area contributed by atoms with Crippen molar-refractivity contribution in [3.63, 3.8) is 0 Å². The van der Waals surface area contributed by atoms with Crippen LogP contribution in [0.25, 0.3) is 37.4 Å². The maximum absolute atomic E-state index is 13.6. The van der Waals surface area contributed by atoms with Gasteiger partial charge in [-0.05, 0) is 12.1 Å². The molecule has 0 spiro atoms. The number of pyridine rings is 1. The Morgan fingerprint density at radius 3 is 2.76 bits per heavy atom. The highest BCUT2D eigenvalue weighted by atomic mass is 32.1. The molecule has 0 unspecified atom stereocenters. The minimum atomic E-state index is -0.559. The van der Waals surface area contributed by atoms with Gasteiger partial charge in [0, 0.05) is 24.0 Å². The lowest BCUT2D eigenvalue weighted by Gasteiger charge is -2.12. The average Bonchev–Trinajstić information content (AvgIpc) is 3.44. The molecule has 33 heavy (non-hydrogen) atoms. The molecule has 4 aromatic heterocycles. The molecule has 160 valence electrons. The predicted octanol–water partition coefficient (Wildman–Crippen LogP) is 2.95. The molecule has 0 saturated carbocycles. The fourth-order valence-corrected chi connectivity index (χ4v) is 5.05. The van der Waals surface area contributed by atoms with Gasteiger partial charge in [-0.25, -0.2) is 14.3 Å². The summed E-state index contributed by atoms with van der Waals surface area (Å²) >= 11 is 1.21. The van der Waals surface area contributed by atoms with Gasteiger partial charge in [-0.1, -0.05) is 18.2 Å². The molecule has 0 saturated heterocycles. The summed E-state index contributed by atoms with van der Waals surface area (Å²) in [5, 5.41) is 18.6. The van der Waals surface area contributed by atoms with Crippen LogP contribution >= 0.6 is 11.3 Å². The van der Waals surface area contributed by atoms with Crippen LogP contribution in [-0.4, -0.2) is 23.7 Å². The molecule has 0 fully saturated rings. The van der Waals surface area contributed by atoms with Crippen molar-refractivity contribution in [3.05, 3.63) is 75.5 Å². The largest absolute Gasteiger partial charge is 0.336 e. The zero-order valence-electron chi connectivity index (χ0n) is 17.4.